The van der Waals surface area contributed by atoms with E-state index in [1.54, 1.807) is 4.90 Å². The second-order valence-corrected chi connectivity index (χ2v) is 8.02. The number of carbonyl (C=O) groups is 3. The molecule has 7 heteroatoms. The van der Waals surface area contributed by atoms with Gasteiger partial charge in [0.25, 0.3) is 5.91 Å². The molecule has 1 aromatic rings. The Kier molecular flexibility index (Phi) is 5.73. The SMILES string of the molecule is O=C1CCC(N2Cc3cc(CNCC4CCCCCN4)ccc3C2=O)C(=O)N1. The van der Waals surface area contributed by atoms with Gasteiger partial charge in [0.05, 0.1) is 0 Å². The van der Waals surface area contributed by atoms with Crippen LogP contribution in [-0.2, 0) is 22.7 Å². The molecule has 1 aromatic carbocycles. The second-order valence-electron chi connectivity index (χ2n) is 8.02. The molecular formula is C21H28N4O3. The molecule has 0 aromatic heterocycles. The highest BCUT2D eigenvalue weighted by Gasteiger charge is 2.38. The number of hydrogen-bond acceptors (Lipinski definition) is 5. The molecule has 3 aliphatic heterocycles. The lowest BCUT2D eigenvalue weighted by Crippen LogP contribution is -2.52. The van der Waals surface area contributed by atoms with Gasteiger partial charge in [-0.25, -0.2) is 0 Å². The number of amides is 3. The van der Waals surface area contributed by atoms with E-state index in [0.717, 1.165) is 30.8 Å². The average molecular weight is 384 g/mol. The highest BCUT2D eigenvalue weighted by Crippen LogP contribution is 2.28. The minimum absolute atomic E-state index is 0.119. The number of imide groups is 1. The Morgan fingerprint density at radius 2 is 2.00 bits per heavy atom. The standard InChI is InChI=1S/C21H28N4O3/c26-19-8-7-18(20(27)24-19)25-13-15-10-14(5-6-17(15)21(25)28)11-22-12-16-4-2-1-3-9-23-16/h5-6,10,16,18,22-23H,1-4,7-9,11-13H2,(H,24,26,27). The van der Waals surface area contributed by atoms with E-state index < -0.39 is 6.04 Å². The third-order valence-corrected chi connectivity index (χ3v) is 5.97. The Labute approximate surface area is 165 Å². The molecule has 150 valence electrons. The zero-order chi connectivity index (χ0) is 19.5. The van der Waals surface area contributed by atoms with E-state index in [4.69, 9.17) is 0 Å². The molecule has 3 heterocycles. The van der Waals surface area contributed by atoms with Crippen molar-refractivity contribution in [3.8, 4) is 0 Å². The minimum Gasteiger partial charge on any atom is -0.322 e. The zero-order valence-electron chi connectivity index (χ0n) is 16.1. The molecule has 0 radical (unpaired) electrons. The summed E-state index contributed by atoms with van der Waals surface area (Å²) in [6, 6.07) is 5.89. The maximum Gasteiger partial charge on any atom is 0.255 e. The lowest BCUT2D eigenvalue weighted by Gasteiger charge is -2.29. The predicted molar refractivity (Wildman–Crippen MR) is 104 cm³/mol. The maximum atomic E-state index is 12.7. The molecule has 3 N–H and O–H groups in total. The quantitative estimate of drug-likeness (QED) is 0.661. The zero-order valence-corrected chi connectivity index (χ0v) is 16.1. The summed E-state index contributed by atoms with van der Waals surface area (Å²) < 4.78 is 0. The Hall–Kier alpha value is -2.25. The van der Waals surface area contributed by atoms with Crippen molar-refractivity contribution in [1.82, 2.24) is 20.9 Å². The second kappa shape index (κ2) is 8.41. The minimum atomic E-state index is -0.555. The maximum absolute atomic E-state index is 12.7. The van der Waals surface area contributed by atoms with Crippen LogP contribution < -0.4 is 16.0 Å². The van der Waals surface area contributed by atoms with Crippen molar-refractivity contribution in [2.75, 3.05) is 13.1 Å². The molecule has 2 unspecified atom stereocenters. The van der Waals surface area contributed by atoms with E-state index in [1.165, 1.54) is 25.7 Å². The average Bonchev–Trinajstić information content (AvgIpc) is 2.84. The van der Waals surface area contributed by atoms with Gasteiger partial charge in [0.15, 0.2) is 0 Å². The topological polar surface area (TPSA) is 90.5 Å². The highest BCUT2D eigenvalue weighted by atomic mass is 16.2. The van der Waals surface area contributed by atoms with E-state index in [-0.39, 0.29) is 24.1 Å². The van der Waals surface area contributed by atoms with Gasteiger partial charge < -0.3 is 15.5 Å². The van der Waals surface area contributed by atoms with Crippen LogP contribution in [0.4, 0.5) is 0 Å². The highest BCUT2D eigenvalue weighted by molar-refractivity contribution is 6.05. The van der Waals surface area contributed by atoms with Gasteiger partial charge in [0.2, 0.25) is 11.8 Å². The van der Waals surface area contributed by atoms with Gasteiger partial charge in [-0.15, -0.1) is 0 Å². The number of hydrogen-bond donors (Lipinski definition) is 3. The molecule has 2 fully saturated rings. The Morgan fingerprint density at radius 3 is 2.86 bits per heavy atom. The molecule has 0 bridgehead atoms. The van der Waals surface area contributed by atoms with E-state index in [2.05, 4.69) is 22.0 Å². The van der Waals surface area contributed by atoms with Gasteiger partial charge in [-0.3, -0.25) is 19.7 Å². The third-order valence-electron chi connectivity index (χ3n) is 5.97. The number of piperidine rings is 1. The first kappa shape index (κ1) is 19.1. The largest absolute Gasteiger partial charge is 0.322 e. The summed E-state index contributed by atoms with van der Waals surface area (Å²) in [5.41, 5.74) is 2.77. The summed E-state index contributed by atoms with van der Waals surface area (Å²) in [7, 11) is 0. The van der Waals surface area contributed by atoms with E-state index in [1.807, 2.05) is 12.1 Å². The Bertz CT molecular complexity index is 771. The molecule has 2 atom stereocenters. The van der Waals surface area contributed by atoms with Crippen LogP contribution in [0, 0.1) is 0 Å². The van der Waals surface area contributed by atoms with Gasteiger partial charge in [-0.2, -0.15) is 0 Å². The van der Waals surface area contributed by atoms with Crippen LogP contribution in [0.25, 0.3) is 0 Å². The summed E-state index contributed by atoms with van der Waals surface area (Å²) in [5, 5.41) is 9.46. The number of carbonyl (C=O) groups excluding carboxylic acids is 3. The molecule has 28 heavy (non-hydrogen) atoms. The van der Waals surface area contributed by atoms with Crippen molar-refractivity contribution >= 4 is 17.7 Å². The molecule has 3 amide bonds. The molecule has 7 nitrogen and oxygen atoms in total. The lowest BCUT2D eigenvalue weighted by atomic mass is 10.0. The normalized spacial score (nSPS) is 25.4. The van der Waals surface area contributed by atoms with Crippen molar-refractivity contribution in [2.24, 2.45) is 0 Å². The van der Waals surface area contributed by atoms with Crippen molar-refractivity contribution in [3.05, 3.63) is 34.9 Å². The van der Waals surface area contributed by atoms with Crippen molar-refractivity contribution in [3.63, 3.8) is 0 Å². The molecule has 3 aliphatic rings. The predicted octanol–water partition coefficient (Wildman–Crippen LogP) is 1.07. The van der Waals surface area contributed by atoms with Crippen LogP contribution in [0.15, 0.2) is 18.2 Å². The van der Waals surface area contributed by atoms with Crippen LogP contribution in [0.1, 0.15) is 60.0 Å². The smallest absolute Gasteiger partial charge is 0.255 e. The van der Waals surface area contributed by atoms with Crippen molar-refractivity contribution in [1.29, 1.82) is 0 Å². The Morgan fingerprint density at radius 1 is 1.11 bits per heavy atom. The summed E-state index contributed by atoms with van der Waals surface area (Å²) >= 11 is 0. The fourth-order valence-corrected chi connectivity index (χ4v) is 4.40. The molecule has 0 aliphatic carbocycles. The van der Waals surface area contributed by atoms with Gasteiger partial charge in [0.1, 0.15) is 6.04 Å². The van der Waals surface area contributed by atoms with E-state index in [0.29, 0.717) is 24.6 Å². The monoisotopic (exact) mass is 384 g/mol. The van der Waals surface area contributed by atoms with E-state index >= 15 is 0 Å². The fraction of sp³-hybridized carbons (Fsp3) is 0.571. The third kappa shape index (κ3) is 4.10. The van der Waals surface area contributed by atoms with Crippen LogP contribution in [0.5, 0.6) is 0 Å². The fourth-order valence-electron chi connectivity index (χ4n) is 4.40. The van der Waals surface area contributed by atoms with E-state index in [9.17, 15) is 14.4 Å². The Balaban J connectivity index is 1.35. The molecule has 0 spiro atoms. The summed E-state index contributed by atoms with van der Waals surface area (Å²) in [6.07, 6.45) is 5.75. The summed E-state index contributed by atoms with van der Waals surface area (Å²) in [4.78, 5) is 37.8. The van der Waals surface area contributed by atoms with Gasteiger partial charge in [-0.1, -0.05) is 25.0 Å². The number of rotatable bonds is 5. The van der Waals surface area contributed by atoms with Crippen molar-refractivity contribution < 1.29 is 14.4 Å². The molecule has 2 saturated heterocycles. The van der Waals surface area contributed by atoms with Crippen LogP contribution >= 0.6 is 0 Å². The van der Waals surface area contributed by atoms with Crippen molar-refractivity contribution in [2.45, 2.75) is 63.7 Å². The number of benzene rings is 1. The van der Waals surface area contributed by atoms with Gasteiger partial charge >= 0.3 is 0 Å². The first-order valence-electron chi connectivity index (χ1n) is 10.3. The van der Waals surface area contributed by atoms with Gasteiger partial charge in [-0.05, 0) is 43.0 Å². The summed E-state index contributed by atoms with van der Waals surface area (Å²) in [6.45, 7) is 3.23. The van der Waals surface area contributed by atoms with Crippen LogP contribution in [-0.4, -0.2) is 47.8 Å². The molecule has 0 saturated carbocycles. The summed E-state index contributed by atoms with van der Waals surface area (Å²) in [5.74, 6) is -0.746. The van der Waals surface area contributed by atoms with Gasteiger partial charge in [0, 0.05) is 37.7 Å². The first-order valence-corrected chi connectivity index (χ1v) is 10.3. The number of nitrogens with zero attached hydrogens (tertiary/aromatic N) is 1. The molecular weight excluding hydrogens is 356 g/mol. The first-order chi connectivity index (χ1) is 13.6. The lowest BCUT2D eigenvalue weighted by molar-refractivity contribution is -0.136. The number of nitrogens with one attached hydrogen (secondary N) is 3. The van der Waals surface area contributed by atoms with Crippen LogP contribution in [0.3, 0.4) is 0 Å². The number of fused-ring (bicyclic) bond motifs is 1. The molecule has 4 rings (SSSR count). The van der Waals surface area contributed by atoms with Crippen LogP contribution in [0.2, 0.25) is 0 Å².